The summed E-state index contributed by atoms with van der Waals surface area (Å²) in [7, 11) is 0. The number of aliphatic carboxylic acids is 1. The van der Waals surface area contributed by atoms with Crippen LogP contribution < -0.4 is 5.06 Å². The number of carboxylic acids is 1. The highest BCUT2D eigenvalue weighted by Crippen LogP contribution is 2.24. The molecule has 90 valence electrons. The molecule has 1 aromatic carbocycles. The summed E-state index contributed by atoms with van der Waals surface area (Å²) >= 11 is 0. The Balaban J connectivity index is 2.28. The number of carbonyl (C=O) groups is 2. The van der Waals surface area contributed by atoms with E-state index in [9.17, 15) is 14.7 Å². The molecule has 6 heteroatoms. The molecule has 0 saturated carbocycles. The fourth-order valence-corrected chi connectivity index (χ4v) is 1.58. The van der Waals surface area contributed by atoms with E-state index in [2.05, 4.69) is 0 Å². The van der Waals surface area contributed by atoms with Crippen LogP contribution in [0.5, 0.6) is 0 Å². The van der Waals surface area contributed by atoms with Crippen molar-refractivity contribution in [3.05, 3.63) is 29.8 Å². The molecule has 1 atom stereocenters. The number of amides is 1. The van der Waals surface area contributed by atoms with Crippen molar-refractivity contribution in [2.75, 3.05) is 11.7 Å². The van der Waals surface area contributed by atoms with Crippen LogP contribution in [0.3, 0.4) is 0 Å². The number of anilines is 1. The van der Waals surface area contributed by atoms with Gasteiger partial charge in [-0.3, -0.25) is 9.63 Å². The third-order valence-electron chi connectivity index (χ3n) is 2.42. The van der Waals surface area contributed by atoms with Crippen LogP contribution in [-0.2, 0) is 14.4 Å². The number of carbonyl (C=O) groups excluding carboxylic acids is 1. The molecule has 0 spiro atoms. The van der Waals surface area contributed by atoms with Gasteiger partial charge in [-0.05, 0) is 17.7 Å². The molecule has 0 aromatic heterocycles. The minimum absolute atomic E-state index is 0.188. The lowest BCUT2D eigenvalue weighted by Gasteiger charge is -2.15. The molecule has 1 aliphatic heterocycles. The zero-order valence-corrected chi connectivity index (χ0v) is 8.87. The first-order valence-corrected chi connectivity index (χ1v) is 5.06. The summed E-state index contributed by atoms with van der Waals surface area (Å²) in [6.45, 7) is 0.310. The molecular weight excluding hydrogens is 226 g/mol. The number of rotatable bonds is 3. The van der Waals surface area contributed by atoms with Crippen LogP contribution in [-0.4, -0.2) is 28.7 Å². The molecule has 1 unspecified atom stereocenters. The molecule has 2 rings (SSSR count). The van der Waals surface area contributed by atoms with E-state index in [0.717, 1.165) is 5.06 Å². The second-order valence-electron chi connectivity index (χ2n) is 3.61. The molecule has 2 N–H and O–H groups in total. The third kappa shape index (κ3) is 2.27. The van der Waals surface area contributed by atoms with Crippen molar-refractivity contribution < 1.29 is 24.6 Å². The van der Waals surface area contributed by atoms with Crippen molar-refractivity contribution in [2.45, 2.75) is 12.5 Å². The quantitative estimate of drug-likeness (QED) is 0.798. The van der Waals surface area contributed by atoms with Crippen LogP contribution in [0.25, 0.3) is 0 Å². The first-order chi connectivity index (χ1) is 8.09. The summed E-state index contributed by atoms with van der Waals surface area (Å²) in [6, 6.07) is 6.07. The van der Waals surface area contributed by atoms with Crippen molar-refractivity contribution >= 4 is 17.6 Å². The number of aliphatic hydroxyl groups excluding tert-OH is 1. The Bertz CT molecular complexity index is 459. The van der Waals surface area contributed by atoms with Gasteiger partial charge in [0.2, 0.25) is 0 Å². The van der Waals surface area contributed by atoms with Gasteiger partial charge in [-0.2, -0.15) is 5.06 Å². The Labute approximate surface area is 97.0 Å². The van der Waals surface area contributed by atoms with Gasteiger partial charge < -0.3 is 10.2 Å². The second-order valence-corrected chi connectivity index (χ2v) is 3.61. The second kappa shape index (κ2) is 4.52. The van der Waals surface area contributed by atoms with E-state index in [4.69, 9.17) is 9.94 Å². The summed E-state index contributed by atoms with van der Waals surface area (Å²) in [4.78, 5) is 27.1. The van der Waals surface area contributed by atoms with Crippen LogP contribution in [0.4, 0.5) is 5.69 Å². The number of hydrogen-bond donors (Lipinski definition) is 2. The first-order valence-electron chi connectivity index (χ1n) is 5.06. The molecule has 1 aromatic rings. The Morgan fingerprint density at radius 2 is 2.24 bits per heavy atom. The number of hydrogen-bond acceptors (Lipinski definition) is 4. The SMILES string of the molecule is O=C(O)C(O)c1cccc(N2OCCC2=O)c1. The Morgan fingerprint density at radius 1 is 1.47 bits per heavy atom. The van der Waals surface area contributed by atoms with Gasteiger partial charge in [-0.25, -0.2) is 4.79 Å². The molecule has 1 heterocycles. The van der Waals surface area contributed by atoms with E-state index in [-0.39, 0.29) is 11.5 Å². The smallest absolute Gasteiger partial charge is 0.337 e. The summed E-state index contributed by atoms with van der Waals surface area (Å²) in [6.07, 6.45) is -1.31. The fourth-order valence-electron chi connectivity index (χ4n) is 1.58. The van der Waals surface area contributed by atoms with E-state index < -0.39 is 12.1 Å². The molecule has 0 bridgehead atoms. The number of hydroxylamine groups is 1. The van der Waals surface area contributed by atoms with Crippen molar-refractivity contribution in [3.8, 4) is 0 Å². The van der Waals surface area contributed by atoms with Crippen molar-refractivity contribution in [1.29, 1.82) is 0 Å². The van der Waals surface area contributed by atoms with Gasteiger partial charge >= 0.3 is 5.97 Å². The monoisotopic (exact) mass is 237 g/mol. The molecule has 1 fully saturated rings. The van der Waals surface area contributed by atoms with Gasteiger partial charge in [0, 0.05) is 0 Å². The van der Waals surface area contributed by atoms with Crippen molar-refractivity contribution in [3.63, 3.8) is 0 Å². The Kier molecular flexibility index (Phi) is 3.08. The summed E-state index contributed by atoms with van der Waals surface area (Å²) in [5.74, 6) is -1.53. The van der Waals surface area contributed by atoms with Crippen LogP contribution in [0.1, 0.15) is 18.1 Å². The molecule has 1 amide bonds. The maximum Gasteiger partial charge on any atom is 0.337 e. The highest BCUT2D eigenvalue weighted by Gasteiger charge is 2.24. The topological polar surface area (TPSA) is 87.1 Å². The van der Waals surface area contributed by atoms with E-state index >= 15 is 0 Å². The van der Waals surface area contributed by atoms with Gasteiger partial charge in [0.25, 0.3) is 5.91 Å². The van der Waals surface area contributed by atoms with Crippen LogP contribution >= 0.6 is 0 Å². The van der Waals surface area contributed by atoms with Crippen LogP contribution in [0, 0.1) is 0 Å². The maximum absolute atomic E-state index is 11.4. The molecular formula is C11H11NO5. The molecule has 6 nitrogen and oxygen atoms in total. The Hall–Kier alpha value is -1.92. The third-order valence-corrected chi connectivity index (χ3v) is 2.42. The minimum Gasteiger partial charge on any atom is -0.479 e. The molecule has 1 saturated heterocycles. The van der Waals surface area contributed by atoms with Crippen LogP contribution in [0.2, 0.25) is 0 Å². The standard InChI is InChI=1S/C11H11NO5/c13-9-4-5-17-12(9)8-3-1-2-7(6-8)10(14)11(15)16/h1-3,6,10,14H,4-5H2,(H,15,16). The highest BCUT2D eigenvalue weighted by molar-refractivity contribution is 5.93. The number of carboxylic acid groups (broad SMARTS) is 1. The van der Waals surface area contributed by atoms with E-state index in [1.807, 2.05) is 0 Å². The largest absolute Gasteiger partial charge is 0.479 e. The number of benzene rings is 1. The lowest BCUT2D eigenvalue weighted by molar-refractivity contribution is -0.146. The summed E-state index contributed by atoms with van der Waals surface area (Å²) in [5.41, 5.74) is 0.628. The lowest BCUT2D eigenvalue weighted by Crippen LogP contribution is -2.22. The molecule has 0 aliphatic carbocycles. The lowest BCUT2D eigenvalue weighted by atomic mass is 10.1. The normalized spacial score (nSPS) is 17.2. The van der Waals surface area contributed by atoms with Gasteiger partial charge in [-0.1, -0.05) is 12.1 Å². The van der Waals surface area contributed by atoms with Crippen LogP contribution in [0.15, 0.2) is 24.3 Å². The number of aliphatic hydroxyl groups is 1. The zero-order valence-electron chi connectivity index (χ0n) is 8.87. The molecule has 0 radical (unpaired) electrons. The average Bonchev–Trinajstić information content (AvgIpc) is 2.74. The van der Waals surface area contributed by atoms with Gasteiger partial charge in [-0.15, -0.1) is 0 Å². The van der Waals surface area contributed by atoms with Crippen molar-refractivity contribution in [1.82, 2.24) is 0 Å². The zero-order chi connectivity index (χ0) is 12.4. The van der Waals surface area contributed by atoms with E-state index in [0.29, 0.717) is 18.7 Å². The summed E-state index contributed by atoms with van der Waals surface area (Å²) in [5, 5.41) is 19.2. The van der Waals surface area contributed by atoms with Crippen molar-refractivity contribution in [2.24, 2.45) is 0 Å². The van der Waals surface area contributed by atoms with E-state index in [1.165, 1.54) is 12.1 Å². The number of nitrogens with zero attached hydrogens (tertiary/aromatic N) is 1. The maximum atomic E-state index is 11.4. The molecule has 1 aliphatic rings. The first kappa shape index (κ1) is 11.6. The van der Waals surface area contributed by atoms with Gasteiger partial charge in [0.1, 0.15) is 0 Å². The predicted octanol–water partition coefficient (Wildman–Crippen LogP) is 0.473. The minimum atomic E-state index is -1.60. The predicted molar refractivity (Wildman–Crippen MR) is 57.1 cm³/mol. The average molecular weight is 237 g/mol. The highest BCUT2D eigenvalue weighted by atomic mass is 16.7. The molecule has 17 heavy (non-hydrogen) atoms. The van der Waals surface area contributed by atoms with Gasteiger partial charge in [0.15, 0.2) is 6.10 Å². The fraction of sp³-hybridized carbons (Fsp3) is 0.273. The van der Waals surface area contributed by atoms with E-state index in [1.54, 1.807) is 12.1 Å². The summed E-state index contributed by atoms with van der Waals surface area (Å²) < 4.78 is 0. The van der Waals surface area contributed by atoms with Gasteiger partial charge in [0.05, 0.1) is 18.7 Å². The Morgan fingerprint density at radius 3 is 2.82 bits per heavy atom.